The van der Waals surface area contributed by atoms with Crippen LogP contribution in [0.15, 0.2) is 42.5 Å². The van der Waals surface area contributed by atoms with Gasteiger partial charge in [-0.05, 0) is 19.0 Å². The number of benzene rings is 1. The Morgan fingerprint density at radius 1 is 1.17 bits per heavy atom. The third-order valence-electron chi connectivity index (χ3n) is 3.82. The fourth-order valence-electron chi connectivity index (χ4n) is 2.49. The Kier molecular flexibility index (Phi) is 7.30. The summed E-state index contributed by atoms with van der Waals surface area (Å²) in [5, 5.41) is 0. The minimum Gasteiger partial charge on any atom is -0.337 e. The topological polar surface area (TPSA) is 23.6 Å². The van der Waals surface area contributed by atoms with Crippen LogP contribution in [-0.2, 0) is 4.79 Å². The average Bonchev–Trinajstić information content (AvgIpc) is 2.58. The van der Waals surface area contributed by atoms with Crippen molar-refractivity contribution in [1.82, 2.24) is 9.80 Å². The molecular formula is C18H22ClFN2O. The van der Waals surface area contributed by atoms with Crippen LogP contribution in [0.3, 0.4) is 0 Å². The second-order valence-corrected chi connectivity index (χ2v) is 5.83. The number of rotatable bonds is 6. The molecule has 0 bridgehead atoms. The average molecular weight is 337 g/mol. The zero-order valence-corrected chi connectivity index (χ0v) is 13.9. The van der Waals surface area contributed by atoms with Crippen molar-refractivity contribution in [2.75, 3.05) is 38.6 Å². The van der Waals surface area contributed by atoms with Crippen LogP contribution < -0.4 is 0 Å². The first kappa shape index (κ1) is 17.7. The maximum atomic E-state index is 13.4. The summed E-state index contributed by atoms with van der Waals surface area (Å²) in [6.07, 6.45) is 7.52. The van der Waals surface area contributed by atoms with Gasteiger partial charge in [-0.25, -0.2) is 4.39 Å². The Hall–Kier alpha value is -1.65. The number of alkyl halides is 1. The van der Waals surface area contributed by atoms with E-state index >= 15 is 0 Å². The Morgan fingerprint density at radius 3 is 2.61 bits per heavy atom. The molecule has 2 rings (SSSR count). The number of carbonyl (C=O) groups is 1. The highest BCUT2D eigenvalue weighted by Gasteiger charge is 2.18. The van der Waals surface area contributed by atoms with Gasteiger partial charge in [0, 0.05) is 43.7 Å². The summed E-state index contributed by atoms with van der Waals surface area (Å²) in [5.74, 6) is 0.410. The molecule has 1 saturated heterocycles. The number of carbonyl (C=O) groups excluding carboxylic acids is 1. The summed E-state index contributed by atoms with van der Waals surface area (Å²) in [7, 11) is 0. The zero-order chi connectivity index (χ0) is 16.5. The van der Waals surface area contributed by atoms with Crippen molar-refractivity contribution < 1.29 is 9.18 Å². The van der Waals surface area contributed by atoms with Crippen molar-refractivity contribution in [3.8, 4) is 0 Å². The molecule has 1 amide bonds. The van der Waals surface area contributed by atoms with Gasteiger partial charge in [0.15, 0.2) is 0 Å². The second-order valence-electron chi connectivity index (χ2n) is 5.45. The predicted octanol–water partition coefficient (Wildman–Crippen LogP) is 3.17. The van der Waals surface area contributed by atoms with Gasteiger partial charge in [-0.3, -0.25) is 9.69 Å². The fraction of sp³-hybridized carbons (Fsp3) is 0.389. The quantitative estimate of drug-likeness (QED) is 0.452. The van der Waals surface area contributed by atoms with Crippen LogP contribution in [0.4, 0.5) is 4.39 Å². The molecule has 1 aromatic carbocycles. The lowest BCUT2D eigenvalue weighted by atomic mass is 10.2. The Balaban J connectivity index is 1.78. The second kappa shape index (κ2) is 9.48. The normalized spacial score (nSPS) is 16.5. The lowest BCUT2D eigenvalue weighted by Crippen LogP contribution is -2.48. The minimum atomic E-state index is -0.267. The van der Waals surface area contributed by atoms with Crippen LogP contribution in [-0.4, -0.2) is 54.3 Å². The van der Waals surface area contributed by atoms with Gasteiger partial charge in [-0.15, -0.1) is 11.6 Å². The Labute approximate surface area is 142 Å². The molecule has 0 radical (unpaired) electrons. The molecule has 1 aliphatic heterocycles. The van der Waals surface area contributed by atoms with Crippen LogP contribution in [0.1, 0.15) is 12.0 Å². The van der Waals surface area contributed by atoms with E-state index in [-0.39, 0.29) is 11.7 Å². The number of nitrogens with zero attached hydrogens (tertiary/aromatic N) is 2. The van der Waals surface area contributed by atoms with Crippen molar-refractivity contribution >= 4 is 23.6 Å². The SMILES string of the molecule is O=C(C=CC=Cc1ccccc1F)N1CCN(CCCCl)CC1. The Bertz CT molecular complexity index is 566. The molecule has 0 spiro atoms. The molecule has 3 nitrogen and oxygen atoms in total. The Morgan fingerprint density at radius 2 is 1.91 bits per heavy atom. The van der Waals surface area contributed by atoms with E-state index in [0.29, 0.717) is 11.4 Å². The molecule has 0 aliphatic carbocycles. The van der Waals surface area contributed by atoms with Gasteiger partial charge in [0.1, 0.15) is 5.82 Å². The van der Waals surface area contributed by atoms with E-state index in [1.807, 2.05) is 4.90 Å². The molecule has 0 atom stereocenters. The maximum absolute atomic E-state index is 13.4. The molecular weight excluding hydrogens is 315 g/mol. The van der Waals surface area contributed by atoms with Gasteiger partial charge in [-0.2, -0.15) is 0 Å². The summed E-state index contributed by atoms with van der Waals surface area (Å²) in [5.41, 5.74) is 0.512. The number of halogens is 2. The molecule has 1 heterocycles. The molecule has 0 saturated carbocycles. The first-order chi connectivity index (χ1) is 11.2. The first-order valence-corrected chi connectivity index (χ1v) is 8.40. The number of piperazine rings is 1. The van der Waals surface area contributed by atoms with E-state index in [0.717, 1.165) is 39.1 Å². The zero-order valence-electron chi connectivity index (χ0n) is 13.1. The summed E-state index contributed by atoms with van der Waals surface area (Å²) < 4.78 is 13.4. The standard InChI is InChI=1S/C18H22ClFN2O/c19-10-5-11-21-12-14-22(15-13-21)18(23)9-4-2-7-16-6-1-3-8-17(16)20/h1-4,6-9H,5,10-15H2. The number of amides is 1. The number of hydrogen-bond acceptors (Lipinski definition) is 2. The fourth-order valence-corrected chi connectivity index (χ4v) is 2.61. The van der Waals surface area contributed by atoms with E-state index in [9.17, 15) is 9.18 Å². The van der Waals surface area contributed by atoms with Crippen LogP contribution in [0.25, 0.3) is 6.08 Å². The van der Waals surface area contributed by atoms with Gasteiger partial charge in [0.05, 0.1) is 0 Å². The van der Waals surface area contributed by atoms with Crippen LogP contribution >= 0.6 is 11.6 Å². The monoisotopic (exact) mass is 336 g/mol. The molecule has 23 heavy (non-hydrogen) atoms. The summed E-state index contributed by atoms with van der Waals surface area (Å²) in [6, 6.07) is 6.54. The molecule has 5 heteroatoms. The third-order valence-corrected chi connectivity index (χ3v) is 4.09. The lowest BCUT2D eigenvalue weighted by molar-refractivity contribution is -0.127. The molecule has 0 unspecified atom stereocenters. The molecule has 124 valence electrons. The molecule has 1 aromatic rings. The largest absolute Gasteiger partial charge is 0.337 e. The minimum absolute atomic E-state index is 0.000164. The molecule has 1 fully saturated rings. The van der Waals surface area contributed by atoms with Crippen molar-refractivity contribution in [3.63, 3.8) is 0 Å². The van der Waals surface area contributed by atoms with E-state index < -0.39 is 0 Å². The third kappa shape index (κ3) is 5.81. The van der Waals surface area contributed by atoms with E-state index in [1.54, 1.807) is 36.4 Å². The highest BCUT2D eigenvalue weighted by molar-refractivity contribution is 6.17. The van der Waals surface area contributed by atoms with E-state index in [4.69, 9.17) is 11.6 Å². The van der Waals surface area contributed by atoms with Crippen molar-refractivity contribution in [2.45, 2.75) is 6.42 Å². The van der Waals surface area contributed by atoms with E-state index in [2.05, 4.69) is 4.90 Å². The van der Waals surface area contributed by atoms with Crippen molar-refractivity contribution in [1.29, 1.82) is 0 Å². The smallest absolute Gasteiger partial charge is 0.246 e. The summed E-state index contributed by atoms with van der Waals surface area (Å²) in [4.78, 5) is 16.3. The number of allylic oxidation sites excluding steroid dienone is 2. The van der Waals surface area contributed by atoms with Gasteiger partial charge < -0.3 is 4.90 Å². The lowest BCUT2D eigenvalue weighted by Gasteiger charge is -2.34. The van der Waals surface area contributed by atoms with Gasteiger partial charge in [0.2, 0.25) is 5.91 Å². The summed E-state index contributed by atoms with van der Waals surface area (Å²) >= 11 is 5.69. The highest BCUT2D eigenvalue weighted by Crippen LogP contribution is 2.08. The molecule has 0 aromatic heterocycles. The van der Waals surface area contributed by atoms with Crippen LogP contribution in [0, 0.1) is 5.82 Å². The molecule has 0 N–H and O–H groups in total. The number of hydrogen-bond donors (Lipinski definition) is 0. The molecule has 1 aliphatic rings. The highest BCUT2D eigenvalue weighted by atomic mass is 35.5. The van der Waals surface area contributed by atoms with Crippen molar-refractivity contribution in [2.24, 2.45) is 0 Å². The summed E-state index contributed by atoms with van der Waals surface area (Å²) in [6.45, 7) is 4.25. The first-order valence-electron chi connectivity index (χ1n) is 7.87. The predicted molar refractivity (Wildman–Crippen MR) is 92.9 cm³/mol. The van der Waals surface area contributed by atoms with E-state index in [1.165, 1.54) is 12.1 Å². The van der Waals surface area contributed by atoms with Crippen LogP contribution in [0.2, 0.25) is 0 Å². The van der Waals surface area contributed by atoms with Gasteiger partial charge >= 0.3 is 0 Å². The van der Waals surface area contributed by atoms with Crippen LogP contribution in [0.5, 0.6) is 0 Å². The van der Waals surface area contributed by atoms with Crippen molar-refractivity contribution in [3.05, 3.63) is 53.9 Å². The van der Waals surface area contributed by atoms with Gasteiger partial charge in [-0.1, -0.05) is 36.4 Å². The maximum Gasteiger partial charge on any atom is 0.246 e. The van der Waals surface area contributed by atoms with Gasteiger partial charge in [0.25, 0.3) is 0 Å².